The minimum absolute atomic E-state index is 0.0639. The summed E-state index contributed by atoms with van der Waals surface area (Å²) in [5, 5.41) is 3.28. The first-order chi connectivity index (χ1) is 7.65. The van der Waals surface area contributed by atoms with Gasteiger partial charge in [-0.05, 0) is 32.2 Å². The molecular weight excluding hydrogens is 200 g/mol. The first-order valence-corrected chi connectivity index (χ1v) is 6.70. The average molecular weight is 226 g/mol. The normalized spacial score (nSPS) is 21.9. The number of likely N-dealkylation sites (tertiary alicyclic amines) is 1. The Bertz CT molecular complexity index is 228. The van der Waals surface area contributed by atoms with Gasteiger partial charge in [-0.25, -0.2) is 0 Å². The fraction of sp³-hybridized carbons (Fsp3) is 0.923. The monoisotopic (exact) mass is 226 g/mol. The number of hydrogen-bond donors (Lipinski definition) is 1. The van der Waals surface area contributed by atoms with Gasteiger partial charge in [0.1, 0.15) is 0 Å². The van der Waals surface area contributed by atoms with E-state index >= 15 is 0 Å². The van der Waals surface area contributed by atoms with E-state index in [0.29, 0.717) is 5.91 Å². The van der Waals surface area contributed by atoms with E-state index in [-0.39, 0.29) is 11.6 Å². The molecule has 1 amide bonds. The van der Waals surface area contributed by atoms with E-state index in [0.717, 1.165) is 38.8 Å². The van der Waals surface area contributed by atoms with Crippen LogP contribution in [0.3, 0.4) is 0 Å². The highest BCUT2D eigenvalue weighted by atomic mass is 16.2. The molecule has 0 saturated carbocycles. The van der Waals surface area contributed by atoms with E-state index in [1.807, 2.05) is 0 Å². The van der Waals surface area contributed by atoms with Crippen LogP contribution in [0.4, 0.5) is 0 Å². The Morgan fingerprint density at radius 1 is 1.25 bits per heavy atom. The first kappa shape index (κ1) is 13.5. The van der Waals surface area contributed by atoms with Crippen molar-refractivity contribution in [3.8, 4) is 0 Å². The number of hydrogen-bond acceptors (Lipinski definition) is 2. The molecule has 1 rings (SSSR count). The maximum atomic E-state index is 12.3. The molecule has 0 aromatic heterocycles. The average Bonchev–Trinajstić information content (AvgIpc) is 2.66. The van der Waals surface area contributed by atoms with Gasteiger partial charge in [0.05, 0.1) is 6.04 Å². The van der Waals surface area contributed by atoms with Crippen molar-refractivity contribution in [2.24, 2.45) is 0 Å². The molecule has 94 valence electrons. The van der Waals surface area contributed by atoms with Crippen molar-refractivity contribution in [2.75, 3.05) is 13.1 Å². The van der Waals surface area contributed by atoms with E-state index in [1.54, 1.807) is 0 Å². The number of nitrogens with one attached hydrogen (secondary N) is 1. The lowest BCUT2D eigenvalue weighted by atomic mass is 9.88. The Labute approximate surface area is 99.6 Å². The third-order valence-electron chi connectivity index (χ3n) is 4.20. The Balaban J connectivity index is 2.77. The molecule has 1 unspecified atom stereocenters. The maximum Gasteiger partial charge on any atom is 0.240 e. The lowest BCUT2D eigenvalue weighted by Gasteiger charge is -2.40. The zero-order chi connectivity index (χ0) is 12.2. The van der Waals surface area contributed by atoms with Crippen LogP contribution in [-0.4, -0.2) is 35.5 Å². The van der Waals surface area contributed by atoms with Crippen LogP contribution >= 0.6 is 0 Å². The highest BCUT2D eigenvalue weighted by molar-refractivity contribution is 5.84. The number of carbonyl (C=O) groups excluding carboxylic acids is 1. The summed E-state index contributed by atoms with van der Waals surface area (Å²) in [5.74, 6) is 0.312. The fourth-order valence-electron chi connectivity index (χ4n) is 2.91. The smallest absolute Gasteiger partial charge is 0.240 e. The second kappa shape index (κ2) is 5.67. The van der Waals surface area contributed by atoms with E-state index in [2.05, 4.69) is 37.9 Å². The lowest BCUT2D eigenvalue weighted by Crippen LogP contribution is -2.51. The van der Waals surface area contributed by atoms with Gasteiger partial charge in [-0.1, -0.05) is 27.7 Å². The van der Waals surface area contributed by atoms with Crippen LogP contribution in [0.15, 0.2) is 0 Å². The predicted octanol–water partition coefficient (Wildman–Crippen LogP) is 2.17. The highest BCUT2D eigenvalue weighted by Gasteiger charge is 2.41. The Hall–Kier alpha value is -0.570. The van der Waals surface area contributed by atoms with Gasteiger partial charge in [0.15, 0.2) is 0 Å². The highest BCUT2D eigenvalue weighted by Crippen LogP contribution is 2.31. The summed E-state index contributed by atoms with van der Waals surface area (Å²) in [6.45, 7) is 10.4. The van der Waals surface area contributed by atoms with Gasteiger partial charge in [-0.15, -0.1) is 0 Å². The van der Waals surface area contributed by atoms with Crippen molar-refractivity contribution in [1.82, 2.24) is 10.2 Å². The second-order valence-electron chi connectivity index (χ2n) is 4.67. The summed E-state index contributed by atoms with van der Waals surface area (Å²) in [6, 6.07) is 0.0639. The van der Waals surface area contributed by atoms with Gasteiger partial charge in [0.25, 0.3) is 0 Å². The van der Waals surface area contributed by atoms with Crippen molar-refractivity contribution >= 4 is 5.91 Å². The van der Waals surface area contributed by atoms with Crippen LogP contribution in [0.25, 0.3) is 0 Å². The van der Waals surface area contributed by atoms with Crippen LogP contribution in [-0.2, 0) is 4.79 Å². The van der Waals surface area contributed by atoms with E-state index in [1.165, 1.54) is 0 Å². The zero-order valence-corrected chi connectivity index (χ0v) is 11.2. The maximum absolute atomic E-state index is 12.3. The van der Waals surface area contributed by atoms with Crippen molar-refractivity contribution in [3.05, 3.63) is 0 Å². The topological polar surface area (TPSA) is 32.3 Å². The molecule has 3 heteroatoms. The molecule has 3 nitrogen and oxygen atoms in total. The molecule has 0 radical (unpaired) electrons. The molecular formula is C13H26N2O. The molecule has 0 spiro atoms. The molecule has 0 aromatic rings. The SMILES string of the molecule is CCNC1CCN(C(CC)(CC)CC)C1=O. The quantitative estimate of drug-likeness (QED) is 0.753. The summed E-state index contributed by atoms with van der Waals surface area (Å²) in [7, 11) is 0. The fourth-order valence-corrected chi connectivity index (χ4v) is 2.91. The molecule has 0 aliphatic carbocycles. The molecule has 1 fully saturated rings. The van der Waals surface area contributed by atoms with Crippen molar-refractivity contribution in [3.63, 3.8) is 0 Å². The second-order valence-corrected chi connectivity index (χ2v) is 4.67. The summed E-state index contributed by atoms with van der Waals surface area (Å²) in [4.78, 5) is 14.4. The van der Waals surface area contributed by atoms with Crippen LogP contribution in [0.5, 0.6) is 0 Å². The van der Waals surface area contributed by atoms with Crippen LogP contribution < -0.4 is 5.32 Å². The number of rotatable bonds is 6. The summed E-state index contributed by atoms with van der Waals surface area (Å²) in [5.41, 5.74) is 0.0985. The molecule has 0 bridgehead atoms. The van der Waals surface area contributed by atoms with Gasteiger partial charge < -0.3 is 10.2 Å². The van der Waals surface area contributed by atoms with Gasteiger partial charge in [0, 0.05) is 12.1 Å². The molecule has 1 aliphatic rings. The van der Waals surface area contributed by atoms with Gasteiger partial charge in [0.2, 0.25) is 5.91 Å². The molecule has 1 saturated heterocycles. The number of amides is 1. The number of nitrogens with zero attached hydrogens (tertiary/aromatic N) is 1. The standard InChI is InChI=1S/C13H26N2O/c1-5-13(6-2,7-3)15-10-9-11(12(15)16)14-8-4/h11,14H,5-10H2,1-4H3. The number of carbonyl (C=O) groups is 1. The van der Waals surface area contributed by atoms with E-state index in [9.17, 15) is 4.79 Å². The van der Waals surface area contributed by atoms with Crippen molar-refractivity contribution < 1.29 is 4.79 Å². The molecule has 1 atom stereocenters. The largest absolute Gasteiger partial charge is 0.336 e. The van der Waals surface area contributed by atoms with Crippen molar-refractivity contribution in [2.45, 2.75) is 65.0 Å². The lowest BCUT2D eigenvalue weighted by molar-refractivity contribution is -0.135. The molecule has 1 aliphatic heterocycles. The van der Waals surface area contributed by atoms with Crippen molar-refractivity contribution in [1.29, 1.82) is 0 Å². The summed E-state index contributed by atoms with van der Waals surface area (Å²) >= 11 is 0. The molecule has 0 aromatic carbocycles. The molecule has 16 heavy (non-hydrogen) atoms. The molecule has 1 heterocycles. The summed E-state index contributed by atoms with van der Waals surface area (Å²) in [6.07, 6.45) is 4.15. The Morgan fingerprint density at radius 3 is 2.25 bits per heavy atom. The van der Waals surface area contributed by atoms with Gasteiger partial charge >= 0.3 is 0 Å². The number of likely N-dealkylation sites (N-methyl/N-ethyl adjacent to an activating group) is 1. The third-order valence-corrected chi connectivity index (χ3v) is 4.20. The minimum atomic E-state index is 0.0639. The third kappa shape index (κ3) is 2.24. The Morgan fingerprint density at radius 2 is 1.81 bits per heavy atom. The van der Waals surface area contributed by atoms with Gasteiger partial charge in [-0.3, -0.25) is 4.79 Å². The molecule has 1 N–H and O–H groups in total. The van der Waals surface area contributed by atoms with Crippen LogP contribution in [0.1, 0.15) is 53.4 Å². The summed E-state index contributed by atoms with van der Waals surface area (Å²) < 4.78 is 0. The van der Waals surface area contributed by atoms with Crippen LogP contribution in [0, 0.1) is 0 Å². The van der Waals surface area contributed by atoms with E-state index in [4.69, 9.17) is 0 Å². The van der Waals surface area contributed by atoms with E-state index < -0.39 is 0 Å². The minimum Gasteiger partial charge on any atom is -0.336 e. The van der Waals surface area contributed by atoms with Crippen LogP contribution in [0.2, 0.25) is 0 Å². The Kier molecular flexibility index (Phi) is 4.78. The zero-order valence-electron chi connectivity index (χ0n) is 11.2. The van der Waals surface area contributed by atoms with Gasteiger partial charge in [-0.2, -0.15) is 0 Å². The first-order valence-electron chi connectivity index (χ1n) is 6.70. The predicted molar refractivity (Wildman–Crippen MR) is 67.4 cm³/mol.